The van der Waals surface area contributed by atoms with Crippen LogP contribution in [0.5, 0.6) is 0 Å². The lowest BCUT2D eigenvalue weighted by Crippen LogP contribution is -2.12. The van der Waals surface area contributed by atoms with Crippen LogP contribution in [0.15, 0.2) is 23.6 Å². The van der Waals surface area contributed by atoms with Gasteiger partial charge in [0.2, 0.25) is 5.91 Å². The van der Waals surface area contributed by atoms with Gasteiger partial charge in [0.1, 0.15) is 0 Å². The maximum Gasteiger partial charge on any atom is 0.250 e. The van der Waals surface area contributed by atoms with Crippen molar-refractivity contribution < 1.29 is 4.79 Å². The quantitative estimate of drug-likeness (QED) is 0.905. The molecule has 1 amide bonds. The van der Waals surface area contributed by atoms with Crippen LogP contribution in [0.4, 0.5) is 5.69 Å². The third kappa shape index (κ3) is 3.00. The first-order chi connectivity index (χ1) is 8.56. The van der Waals surface area contributed by atoms with E-state index >= 15 is 0 Å². The number of carbonyl (C=O) groups excluding carboxylic acids is 1. The van der Waals surface area contributed by atoms with Crippen molar-refractivity contribution in [2.75, 3.05) is 5.32 Å². The Balaban J connectivity index is 2.10. The van der Waals surface area contributed by atoms with Crippen LogP contribution in [0.25, 0.3) is 0 Å². The summed E-state index contributed by atoms with van der Waals surface area (Å²) in [6, 6.07) is 5.09. The molecule has 1 aromatic heterocycles. The van der Waals surface area contributed by atoms with Crippen molar-refractivity contribution in [3.05, 3.63) is 44.9 Å². The molecule has 0 saturated carbocycles. The van der Waals surface area contributed by atoms with E-state index in [0.717, 1.165) is 16.4 Å². The van der Waals surface area contributed by atoms with E-state index < -0.39 is 5.91 Å². The first-order valence-corrected chi connectivity index (χ1v) is 6.56. The van der Waals surface area contributed by atoms with E-state index in [-0.39, 0.29) is 0 Å². The fraction of sp³-hybridized carbons (Fsp3) is 0.167. The lowest BCUT2D eigenvalue weighted by atomic mass is 10.2. The number of anilines is 1. The molecule has 6 heteroatoms. The summed E-state index contributed by atoms with van der Waals surface area (Å²) < 4.78 is 0. The second kappa shape index (κ2) is 5.37. The molecule has 3 N–H and O–H groups in total. The first kappa shape index (κ1) is 12.9. The summed E-state index contributed by atoms with van der Waals surface area (Å²) in [5.74, 6) is -0.534. The number of thiazole rings is 1. The predicted molar refractivity (Wildman–Crippen MR) is 74.1 cm³/mol. The van der Waals surface area contributed by atoms with Gasteiger partial charge in [-0.2, -0.15) is 0 Å². The van der Waals surface area contributed by atoms with Crippen molar-refractivity contribution in [1.82, 2.24) is 4.98 Å². The number of nitrogens with two attached hydrogens (primary N) is 1. The molecule has 0 aliphatic heterocycles. The number of hydrogen-bond donors (Lipinski definition) is 2. The number of benzene rings is 1. The van der Waals surface area contributed by atoms with Crippen LogP contribution in [0, 0.1) is 6.92 Å². The van der Waals surface area contributed by atoms with Crippen LogP contribution in [-0.2, 0) is 6.54 Å². The smallest absolute Gasteiger partial charge is 0.250 e. The van der Waals surface area contributed by atoms with Gasteiger partial charge >= 0.3 is 0 Å². The molecular formula is C12H12ClN3OS. The van der Waals surface area contributed by atoms with E-state index in [1.54, 1.807) is 29.5 Å². The zero-order valence-electron chi connectivity index (χ0n) is 9.74. The number of nitrogens with zero attached hydrogens (tertiary/aromatic N) is 1. The summed E-state index contributed by atoms with van der Waals surface area (Å²) in [6.07, 6.45) is 0. The summed E-state index contributed by atoms with van der Waals surface area (Å²) in [4.78, 5) is 15.5. The van der Waals surface area contributed by atoms with Crippen LogP contribution in [-0.4, -0.2) is 10.9 Å². The number of hydrogen-bond acceptors (Lipinski definition) is 4. The zero-order valence-corrected chi connectivity index (χ0v) is 11.3. The average Bonchev–Trinajstić information content (AvgIpc) is 2.74. The Morgan fingerprint density at radius 1 is 1.56 bits per heavy atom. The van der Waals surface area contributed by atoms with Crippen LogP contribution in [0.1, 0.15) is 21.1 Å². The Kier molecular flexibility index (Phi) is 3.84. The van der Waals surface area contributed by atoms with E-state index in [0.29, 0.717) is 17.1 Å². The summed E-state index contributed by atoms with van der Waals surface area (Å²) in [7, 11) is 0. The second-order valence-electron chi connectivity index (χ2n) is 3.77. The highest BCUT2D eigenvalue weighted by molar-refractivity contribution is 7.09. The number of nitrogens with one attached hydrogen (secondary N) is 1. The third-order valence-corrected chi connectivity index (χ3v) is 3.52. The topological polar surface area (TPSA) is 68.0 Å². The first-order valence-electron chi connectivity index (χ1n) is 5.30. The van der Waals surface area contributed by atoms with Gasteiger partial charge in [-0.15, -0.1) is 11.3 Å². The van der Waals surface area contributed by atoms with Gasteiger partial charge in [0, 0.05) is 11.1 Å². The molecule has 18 heavy (non-hydrogen) atoms. The van der Waals surface area contributed by atoms with Gasteiger partial charge in [0.05, 0.1) is 27.8 Å². The van der Waals surface area contributed by atoms with E-state index in [9.17, 15) is 4.79 Å². The summed E-state index contributed by atoms with van der Waals surface area (Å²) in [5.41, 5.74) is 7.30. The van der Waals surface area contributed by atoms with Crippen molar-refractivity contribution >= 4 is 34.5 Å². The molecule has 2 rings (SSSR count). The summed E-state index contributed by atoms with van der Waals surface area (Å²) in [5, 5.41) is 6.56. The van der Waals surface area contributed by atoms with E-state index in [4.69, 9.17) is 17.3 Å². The van der Waals surface area contributed by atoms with Crippen molar-refractivity contribution in [1.29, 1.82) is 0 Å². The second-order valence-corrected chi connectivity index (χ2v) is 5.24. The normalized spacial score (nSPS) is 10.3. The minimum absolute atomic E-state index is 0.316. The monoisotopic (exact) mass is 281 g/mol. The minimum Gasteiger partial charge on any atom is -0.379 e. The highest BCUT2D eigenvalue weighted by atomic mass is 35.5. The van der Waals surface area contributed by atoms with E-state index in [1.165, 1.54) is 0 Å². The van der Waals surface area contributed by atoms with Crippen LogP contribution in [0.3, 0.4) is 0 Å². The summed E-state index contributed by atoms with van der Waals surface area (Å²) in [6.45, 7) is 2.56. The predicted octanol–water partition coefficient (Wildman–Crippen LogP) is 2.82. The number of aryl methyl sites for hydroxylation is 1. The molecule has 0 aliphatic rings. The molecule has 0 radical (unpaired) electrons. The van der Waals surface area contributed by atoms with Gasteiger partial charge in [-0.1, -0.05) is 11.6 Å². The van der Waals surface area contributed by atoms with Crippen LogP contribution < -0.4 is 11.1 Å². The summed E-state index contributed by atoms with van der Waals surface area (Å²) >= 11 is 7.48. The minimum atomic E-state index is -0.534. The fourth-order valence-electron chi connectivity index (χ4n) is 1.51. The van der Waals surface area contributed by atoms with Crippen molar-refractivity contribution in [2.24, 2.45) is 5.73 Å². The molecule has 1 aromatic carbocycles. The molecule has 0 atom stereocenters. The Labute approximate surface area is 114 Å². The van der Waals surface area contributed by atoms with Gasteiger partial charge in [-0.25, -0.2) is 4.98 Å². The Hall–Kier alpha value is -1.59. The maximum atomic E-state index is 11.2. The standard InChI is InChI=1S/C12H12ClN3OS/c1-7-16-9(6-18-7)5-15-8-2-3-11(13)10(4-8)12(14)17/h2-4,6,15H,5H2,1H3,(H2,14,17). The highest BCUT2D eigenvalue weighted by Crippen LogP contribution is 2.20. The molecule has 0 unspecified atom stereocenters. The lowest BCUT2D eigenvalue weighted by molar-refractivity contribution is 0.100. The average molecular weight is 282 g/mol. The Morgan fingerprint density at radius 3 is 2.94 bits per heavy atom. The fourth-order valence-corrected chi connectivity index (χ4v) is 2.33. The number of primary amides is 1. The molecule has 0 bridgehead atoms. The van der Waals surface area contributed by atoms with Gasteiger partial charge < -0.3 is 11.1 Å². The number of rotatable bonds is 4. The number of amides is 1. The number of halogens is 1. The van der Waals surface area contributed by atoms with Gasteiger partial charge in [0.15, 0.2) is 0 Å². The molecule has 0 spiro atoms. The van der Waals surface area contributed by atoms with Crippen LogP contribution >= 0.6 is 22.9 Å². The largest absolute Gasteiger partial charge is 0.379 e. The molecule has 0 aliphatic carbocycles. The lowest BCUT2D eigenvalue weighted by Gasteiger charge is -2.07. The van der Waals surface area contributed by atoms with E-state index in [1.807, 2.05) is 12.3 Å². The molecule has 0 saturated heterocycles. The Morgan fingerprint density at radius 2 is 2.33 bits per heavy atom. The number of carbonyl (C=O) groups is 1. The van der Waals surface area contributed by atoms with Gasteiger partial charge in [-0.05, 0) is 25.1 Å². The van der Waals surface area contributed by atoms with Crippen molar-refractivity contribution in [3.8, 4) is 0 Å². The number of aromatic nitrogens is 1. The van der Waals surface area contributed by atoms with Crippen molar-refractivity contribution in [2.45, 2.75) is 13.5 Å². The van der Waals surface area contributed by atoms with Gasteiger partial charge in [-0.3, -0.25) is 4.79 Å². The molecule has 1 heterocycles. The molecule has 2 aromatic rings. The molecule has 0 fully saturated rings. The Bertz CT molecular complexity index is 582. The van der Waals surface area contributed by atoms with Gasteiger partial charge in [0.25, 0.3) is 0 Å². The molecule has 4 nitrogen and oxygen atoms in total. The SMILES string of the molecule is Cc1nc(CNc2ccc(Cl)c(C(N)=O)c2)cs1. The maximum absolute atomic E-state index is 11.2. The highest BCUT2D eigenvalue weighted by Gasteiger charge is 2.07. The molecule has 94 valence electrons. The molecular weight excluding hydrogens is 270 g/mol. The third-order valence-electron chi connectivity index (χ3n) is 2.37. The van der Waals surface area contributed by atoms with E-state index in [2.05, 4.69) is 10.3 Å². The van der Waals surface area contributed by atoms with Crippen LogP contribution in [0.2, 0.25) is 5.02 Å². The van der Waals surface area contributed by atoms with Crippen molar-refractivity contribution in [3.63, 3.8) is 0 Å². The zero-order chi connectivity index (χ0) is 13.1.